The van der Waals surface area contributed by atoms with Crippen molar-refractivity contribution in [2.45, 2.75) is 30.8 Å². The summed E-state index contributed by atoms with van der Waals surface area (Å²) in [5.74, 6) is 0.0219. The van der Waals surface area contributed by atoms with Crippen molar-refractivity contribution in [3.8, 4) is 0 Å². The lowest BCUT2D eigenvalue weighted by atomic mass is 10.1. The minimum absolute atomic E-state index is 0.0219. The fourth-order valence-corrected chi connectivity index (χ4v) is 5.88. The number of hydrogen-bond acceptors (Lipinski definition) is 4. The van der Waals surface area contributed by atoms with E-state index < -0.39 is 16.1 Å². The standard InChI is InChI=1S/C21H28N4O3S/c1-2-22-11-13-24(14-12-22)21(26)17-20-19-9-6-10-23(19)15-16-25(20)29(27,28)18-7-4-3-5-8-18/h3-10,20H,2,11-17H2,1H3. The smallest absolute Gasteiger partial charge is 0.243 e. The second-order valence-electron chi connectivity index (χ2n) is 7.59. The van der Waals surface area contributed by atoms with E-state index in [4.69, 9.17) is 0 Å². The molecule has 29 heavy (non-hydrogen) atoms. The van der Waals surface area contributed by atoms with Crippen LogP contribution in [0.4, 0.5) is 0 Å². The molecule has 1 unspecified atom stereocenters. The molecule has 2 aliphatic rings. The van der Waals surface area contributed by atoms with Gasteiger partial charge in [-0.3, -0.25) is 4.79 Å². The molecule has 0 bridgehead atoms. The Kier molecular flexibility index (Phi) is 5.76. The third-order valence-corrected chi connectivity index (χ3v) is 7.93. The van der Waals surface area contributed by atoms with Crippen LogP contribution in [-0.2, 0) is 21.4 Å². The number of benzene rings is 1. The highest BCUT2D eigenvalue weighted by atomic mass is 32.2. The van der Waals surface area contributed by atoms with Crippen LogP contribution < -0.4 is 0 Å². The predicted molar refractivity (Wildman–Crippen MR) is 111 cm³/mol. The number of carbonyl (C=O) groups is 1. The molecule has 1 amide bonds. The zero-order valence-electron chi connectivity index (χ0n) is 16.8. The van der Waals surface area contributed by atoms with Crippen LogP contribution in [0.5, 0.6) is 0 Å². The average molecular weight is 417 g/mol. The van der Waals surface area contributed by atoms with Gasteiger partial charge in [0.25, 0.3) is 0 Å². The van der Waals surface area contributed by atoms with E-state index in [2.05, 4.69) is 16.4 Å². The maximum atomic E-state index is 13.4. The van der Waals surface area contributed by atoms with E-state index in [1.165, 1.54) is 4.31 Å². The molecule has 1 atom stereocenters. The Hall–Kier alpha value is -2.16. The number of hydrogen-bond donors (Lipinski definition) is 0. The molecular weight excluding hydrogens is 388 g/mol. The number of carbonyl (C=O) groups excluding carboxylic acids is 1. The van der Waals surface area contributed by atoms with E-state index >= 15 is 0 Å². The normalized spacial score (nSPS) is 21.1. The quantitative estimate of drug-likeness (QED) is 0.745. The maximum Gasteiger partial charge on any atom is 0.243 e. The van der Waals surface area contributed by atoms with Crippen molar-refractivity contribution in [3.05, 3.63) is 54.4 Å². The first kappa shape index (κ1) is 20.1. The Morgan fingerprint density at radius 1 is 0.966 bits per heavy atom. The second-order valence-corrected chi connectivity index (χ2v) is 9.48. The van der Waals surface area contributed by atoms with Crippen LogP contribution in [0, 0.1) is 0 Å². The Labute approximate surface area is 172 Å². The molecule has 0 radical (unpaired) electrons. The van der Waals surface area contributed by atoms with E-state index in [1.54, 1.807) is 30.3 Å². The molecule has 2 aromatic rings. The number of amides is 1. The van der Waals surface area contributed by atoms with Crippen LogP contribution in [0.3, 0.4) is 0 Å². The number of piperazine rings is 1. The molecule has 0 saturated carbocycles. The molecule has 3 heterocycles. The highest BCUT2D eigenvalue weighted by molar-refractivity contribution is 7.89. The molecule has 0 aliphatic carbocycles. The summed E-state index contributed by atoms with van der Waals surface area (Å²) in [7, 11) is -3.68. The van der Waals surface area contributed by atoms with E-state index in [1.807, 2.05) is 23.2 Å². The molecule has 1 fully saturated rings. The number of rotatable bonds is 5. The number of nitrogens with zero attached hydrogens (tertiary/aromatic N) is 4. The maximum absolute atomic E-state index is 13.4. The van der Waals surface area contributed by atoms with Crippen LogP contribution in [0.15, 0.2) is 53.6 Å². The van der Waals surface area contributed by atoms with Crippen molar-refractivity contribution < 1.29 is 13.2 Å². The predicted octanol–water partition coefficient (Wildman–Crippen LogP) is 1.79. The fraction of sp³-hybridized carbons (Fsp3) is 0.476. The lowest BCUT2D eigenvalue weighted by Crippen LogP contribution is -2.50. The molecule has 156 valence electrons. The minimum atomic E-state index is -3.68. The Morgan fingerprint density at radius 2 is 1.69 bits per heavy atom. The summed E-state index contributed by atoms with van der Waals surface area (Å²) in [4.78, 5) is 17.5. The highest BCUT2D eigenvalue weighted by Gasteiger charge is 2.38. The van der Waals surface area contributed by atoms with Crippen molar-refractivity contribution >= 4 is 15.9 Å². The summed E-state index contributed by atoms with van der Waals surface area (Å²) in [6.45, 7) is 7.21. The van der Waals surface area contributed by atoms with Gasteiger partial charge in [-0.2, -0.15) is 4.31 Å². The van der Waals surface area contributed by atoms with Crippen LogP contribution in [0.2, 0.25) is 0 Å². The lowest BCUT2D eigenvalue weighted by Gasteiger charge is -2.38. The molecule has 8 heteroatoms. The van der Waals surface area contributed by atoms with Gasteiger partial charge >= 0.3 is 0 Å². The molecule has 1 aromatic heterocycles. The topological polar surface area (TPSA) is 65.9 Å². The van der Waals surface area contributed by atoms with Crippen LogP contribution in [0.25, 0.3) is 0 Å². The molecule has 2 aliphatic heterocycles. The van der Waals surface area contributed by atoms with Gasteiger partial charge in [0.05, 0.1) is 10.9 Å². The largest absolute Gasteiger partial charge is 0.349 e. The summed E-state index contributed by atoms with van der Waals surface area (Å²) in [5.41, 5.74) is 0.885. The van der Waals surface area contributed by atoms with E-state index in [-0.39, 0.29) is 17.2 Å². The number of likely N-dealkylation sites (N-methyl/N-ethyl adjacent to an activating group) is 1. The van der Waals surface area contributed by atoms with Crippen LogP contribution in [-0.4, -0.2) is 72.3 Å². The summed E-state index contributed by atoms with van der Waals surface area (Å²) >= 11 is 0. The Balaban J connectivity index is 1.59. The summed E-state index contributed by atoms with van der Waals surface area (Å²) in [6.07, 6.45) is 2.13. The molecule has 1 saturated heterocycles. The fourth-order valence-electron chi connectivity index (χ4n) is 4.27. The lowest BCUT2D eigenvalue weighted by molar-refractivity contribution is -0.134. The van der Waals surface area contributed by atoms with E-state index in [0.717, 1.165) is 25.3 Å². The van der Waals surface area contributed by atoms with E-state index in [9.17, 15) is 13.2 Å². The Bertz CT molecular complexity index is 949. The number of sulfonamides is 1. The zero-order valence-corrected chi connectivity index (χ0v) is 17.6. The minimum Gasteiger partial charge on any atom is -0.349 e. The van der Waals surface area contributed by atoms with Crippen molar-refractivity contribution in [2.24, 2.45) is 0 Å². The van der Waals surface area contributed by atoms with Gasteiger partial charge in [-0.1, -0.05) is 25.1 Å². The van der Waals surface area contributed by atoms with Crippen molar-refractivity contribution in [1.82, 2.24) is 18.7 Å². The highest BCUT2D eigenvalue weighted by Crippen LogP contribution is 2.34. The average Bonchev–Trinajstić information content (AvgIpc) is 3.24. The number of fused-ring (bicyclic) bond motifs is 1. The first-order valence-corrected chi connectivity index (χ1v) is 11.7. The molecular formula is C21H28N4O3S. The summed E-state index contributed by atoms with van der Waals surface area (Å²) in [6, 6.07) is 11.9. The molecule has 7 nitrogen and oxygen atoms in total. The molecule has 1 aromatic carbocycles. The third-order valence-electron chi connectivity index (χ3n) is 6.00. The second kappa shape index (κ2) is 8.30. The monoisotopic (exact) mass is 416 g/mol. The van der Waals surface area contributed by atoms with Gasteiger partial charge in [-0.05, 0) is 30.8 Å². The van der Waals surface area contributed by atoms with Crippen molar-refractivity contribution in [2.75, 3.05) is 39.3 Å². The Morgan fingerprint density at radius 3 is 2.38 bits per heavy atom. The van der Waals surface area contributed by atoms with Crippen LogP contribution in [0.1, 0.15) is 25.1 Å². The third kappa shape index (κ3) is 3.97. The van der Waals surface area contributed by atoms with Gasteiger partial charge in [0, 0.05) is 57.6 Å². The van der Waals surface area contributed by atoms with Gasteiger partial charge in [0.15, 0.2) is 0 Å². The first-order valence-electron chi connectivity index (χ1n) is 10.2. The summed E-state index contributed by atoms with van der Waals surface area (Å²) in [5, 5.41) is 0. The van der Waals surface area contributed by atoms with Gasteiger partial charge in [0.1, 0.15) is 0 Å². The van der Waals surface area contributed by atoms with Crippen LogP contribution >= 0.6 is 0 Å². The SMILES string of the molecule is CCN1CCN(C(=O)CC2c3cccn3CCN2S(=O)(=O)c2ccccc2)CC1. The molecule has 4 rings (SSSR count). The van der Waals surface area contributed by atoms with Crippen molar-refractivity contribution in [3.63, 3.8) is 0 Å². The van der Waals surface area contributed by atoms with Gasteiger partial charge in [0.2, 0.25) is 15.9 Å². The number of aromatic nitrogens is 1. The first-order chi connectivity index (χ1) is 14.0. The molecule has 0 N–H and O–H groups in total. The van der Waals surface area contributed by atoms with E-state index in [0.29, 0.717) is 26.2 Å². The van der Waals surface area contributed by atoms with Crippen molar-refractivity contribution in [1.29, 1.82) is 0 Å². The van der Waals surface area contributed by atoms with Gasteiger partial charge < -0.3 is 14.4 Å². The zero-order chi connectivity index (χ0) is 20.4. The van der Waals surface area contributed by atoms with Gasteiger partial charge in [-0.25, -0.2) is 8.42 Å². The van der Waals surface area contributed by atoms with Gasteiger partial charge in [-0.15, -0.1) is 0 Å². The summed E-state index contributed by atoms with van der Waals surface area (Å²) < 4.78 is 30.3. The molecule has 0 spiro atoms.